The third-order valence-electron chi connectivity index (χ3n) is 4.87. The third kappa shape index (κ3) is 4.19. The van der Waals surface area contributed by atoms with Gasteiger partial charge in [0, 0.05) is 38.3 Å². The molecule has 7 heteroatoms. The largest absolute Gasteiger partial charge is 0.318 e. The number of carbonyl (C=O) groups is 1. The highest BCUT2D eigenvalue weighted by Crippen LogP contribution is 2.26. The van der Waals surface area contributed by atoms with E-state index in [1.54, 1.807) is 6.08 Å². The number of non-ortho nitro benzene ring substituents is 1. The lowest BCUT2D eigenvalue weighted by atomic mass is 10.0. The second-order valence-corrected chi connectivity index (χ2v) is 8.06. The van der Waals surface area contributed by atoms with E-state index in [0.717, 1.165) is 26.2 Å². The summed E-state index contributed by atoms with van der Waals surface area (Å²) in [6.07, 6.45) is 1.54. The van der Waals surface area contributed by atoms with Crippen molar-refractivity contribution in [2.24, 2.45) is 0 Å². The second-order valence-electron chi connectivity index (χ2n) is 6.90. The number of rotatable bonds is 5. The van der Waals surface area contributed by atoms with Gasteiger partial charge in [-0.15, -0.1) is 0 Å². The maximum atomic E-state index is 12.8. The molecule has 0 fully saturated rings. The van der Waals surface area contributed by atoms with Crippen LogP contribution >= 0.6 is 22.6 Å². The first-order valence-electron chi connectivity index (χ1n) is 9.09. The summed E-state index contributed by atoms with van der Waals surface area (Å²) in [5.74, 6) is -0.545. The molecule has 0 radical (unpaired) electrons. The Bertz CT molecular complexity index is 1250. The molecule has 0 aliphatic carbocycles. The van der Waals surface area contributed by atoms with Gasteiger partial charge in [-0.2, -0.15) is 5.26 Å². The first-order valence-corrected chi connectivity index (χ1v) is 10.2. The molecule has 1 aromatic heterocycles. The van der Waals surface area contributed by atoms with Crippen LogP contribution in [-0.2, 0) is 0 Å². The number of nitrogens with zero attached hydrogens (tertiary/aromatic N) is 3. The van der Waals surface area contributed by atoms with Crippen molar-refractivity contribution in [3.63, 3.8) is 0 Å². The highest BCUT2D eigenvalue weighted by atomic mass is 127. The smallest absolute Gasteiger partial charge is 0.270 e. The number of hydrogen-bond acceptors (Lipinski definition) is 4. The number of Topliss-reactive ketones (excluding diaryl/α,β-unsaturated/α-hetero) is 1. The van der Waals surface area contributed by atoms with Crippen LogP contribution in [0.4, 0.5) is 5.69 Å². The number of aryl methyl sites for hydroxylation is 2. The Kier molecular flexibility index (Phi) is 6.17. The molecule has 0 spiro atoms. The quantitative estimate of drug-likeness (QED) is 0.110. The molecule has 0 unspecified atom stereocenters. The Balaban J connectivity index is 2.04. The minimum absolute atomic E-state index is 0.0748. The van der Waals surface area contributed by atoms with E-state index in [1.165, 1.54) is 29.8 Å². The lowest BCUT2D eigenvalue weighted by molar-refractivity contribution is -0.384. The zero-order valence-electron chi connectivity index (χ0n) is 16.6. The first-order chi connectivity index (χ1) is 14.2. The van der Waals surface area contributed by atoms with Gasteiger partial charge >= 0.3 is 0 Å². The van der Waals surface area contributed by atoms with Gasteiger partial charge in [0.25, 0.3) is 5.69 Å². The van der Waals surface area contributed by atoms with Gasteiger partial charge in [0.05, 0.1) is 4.92 Å². The molecule has 3 rings (SSSR count). The van der Waals surface area contributed by atoms with E-state index >= 15 is 0 Å². The summed E-state index contributed by atoms with van der Waals surface area (Å²) < 4.78 is 3.22. The number of halogens is 1. The van der Waals surface area contributed by atoms with E-state index in [2.05, 4.69) is 39.3 Å². The zero-order valence-corrected chi connectivity index (χ0v) is 18.8. The van der Waals surface area contributed by atoms with Crippen LogP contribution in [0.1, 0.15) is 32.9 Å². The number of nitro benzene ring substituents is 1. The highest BCUT2D eigenvalue weighted by molar-refractivity contribution is 14.1. The number of ketones is 1. The molecular weight excluding hydrogens is 493 g/mol. The Morgan fingerprint density at radius 1 is 1.17 bits per heavy atom. The van der Waals surface area contributed by atoms with Crippen LogP contribution in [0, 0.1) is 45.8 Å². The Morgan fingerprint density at radius 3 is 2.53 bits per heavy atom. The van der Waals surface area contributed by atoms with Crippen LogP contribution in [0.15, 0.2) is 54.1 Å². The highest BCUT2D eigenvalue weighted by Gasteiger charge is 2.17. The first kappa shape index (κ1) is 21.5. The predicted molar refractivity (Wildman–Crippen MR) is 124 cm³/mol. The normalized spacial score (nSPS) is 11.2. The van der Waals surface area contributed by atoms with Gasteiger partial charge in [0.2, 0.25) is 5.78 Å². The minimum atomic E-state index is -0.566. The van der Waals surface area contributed by atoms with Gasteiger partial charge in [-0.05, 0) is 78.8 Å². The van der Waals surface area contributed by atoms with Crippen LogP contribution in [0.3, 0.4) is 0 Å². The minimum Gasteiger partial charge on any atom is -0.318 e. The zero-order chi connectivity index (χ0) is 22.0. The lowest BCUT2D eigenvalue weighted by Gasteiger charge is -2.11. The molecule has 1 heterocycles. The van der Waals surface area contributed by atoms with Crippen LogP contribution in [0.5, 0.6) is 0 Å². The van der Waals surface area contributed by atoms with Crippen LogP contribution < -0.4 is 0 Å². The summed E-state index contributed by atoms with van der Waals surface area (Å²) in [6, 6.07) is 15.4. The predicted octanol–water partition coefficient (Wildman–Crippen LogP) is 5.71. The molecule has 150 valence electrons. The monoisotopic (exact) mass is 511 g/mol. The fourth-order valence-corrected chi connectivity index (χ4v) is 3.77. The van der Waals surface area contributed by atoms with Crippen LogP contribution in [0.25, 0.3) is 11.8 Å². The summed E-state index contributed by atoms with van der Waals surface area (Å²) in [6.45, 7) is 5.94. The van der Waals surface area contributed by atoms with Gasteiger partial charge in [0.15, 0.2) is 0 Å². The van der Waals surface area contributed by atoms with Gasteiger partial charge in [0.1, 0.15) is 11.6 Å². The summed E-state index contributed by atoms with van der Waals surface area (Å²) in [4.78, 5) is 23.2. The number of carbonyl (C=O) groups excluding carboxylic acids is 1. The molecule has 0 bridgehead atoms. The van der Waals surface area contributed by atoms with Crippen molar-refractivity contribution >= 4 is 40.1 Å². The Morgan fingerprint density at radius 2 is 1.90 bits per heavy atom. The van der Waals surface area contributed by atoms with E-state index in [0.29, 0.717) is 0 Å². The van der Waals surface area contributed by atoms with Crippen molar-refractivity contribution in [3.05, 3.63) is 95.9 Å². The molecule has 0 aliphatic heterocycles. The molecule has 0 atom stereocenters. The van der Waals surface area contributed by atoms with E-state index in [9.17, 15) is 20.2 Å². The average molecular weight is 511 g/mol. The molecule has 0 amide bonds. The average Bonchev–Trinajstić information content (AvgIpc) is 3.00. The van der Waals surface area contributed by atoms with E-state index < -0.39 is 10.7 Å². The molecule has 0 N–H and O–H groups in total. The van der Waals surface area contributed by atoms with Gasteiger partial charge in [-0.25, -0.2) is 0 Å². The number of allylic oxidation sites excluding steroid dienone is 1. The maximum absolute atomic E-state index is 12.8. The molecular formula is C23H18IN3O3. The topological polar surface area (TPSA) is 88.9 Å². The maximum Gasteiger partial charge on any atom is 0.270 e. The fourth-order valence-electron chi connectivity index (χ4n) is 3.27. The lowest BCUT2D eigenvalue weighted by Crippen LogP contribution is -2.03. The second kappa shape index (κ2) is 8.63. The SMILES string of the molecule is Cc1ccc(-n2c(C)cc(/C=C(\C#N)C(=O)c3cccc([N+](=O)[O-])c3)c2C)cc1I. The Labute approximate surface area is 187 Å². The van der Waals surface area contributed by atoms with E-state index in [-0.39, 0.29) is 16.8 Å². The number of nitriles is 1. The summed E-state index contributed by atoms with van der Waals surface area (Å²) in [5, 5.41) is 20.5. The van der Waals surface area contributed by atoms with Crippen molar-refractivity contribution in [1.29, 1.82) is 5.26 Å². The Hall–Kier alpha value is -3.25. The molecule has 0 saturated heterocycles. The van der Waals surface area contributed by atoms with Gasteiger partial charge in [-0.3, -0.25) is 14.9 Å². The van der Waals surface area contributed by atoms with Crippen LogP contribution in [-0.4, -0.2) is 15.3 Å². The van der Waals surface area contributed by atoms with Crippen molar-refractivity contribution < 1.29 is 9.72 Å². The van der Waals surface area contributed by atoms with Crippen molar-refractivity contribution in [2.45, 2.75) is 20.8 Å². The van der Waals surface area contributed by atoms with Gasteiger partial charge in [-0.1, -0.05) is 18.2 Å². The molecule has 3 aromatic rings. The van der Waals surface area contributed by atoms with Gasteiger partial charge < -0.3 is 4.57 Å². The fraction of sp³-hybridized carbons (Fsp3) is 0.130. The number of benzene rings is 2. The number of nitro groups is 1. The molecule has 6 nitrogen and oxygen atoms in total. The van der Waals surface area contributed by atoms with E-state index in [1.807, 2.05) is 39.0 Å². The molecule has 2 aromatic carbocycles. The molecule has 0 aliphatic rings. The summed E-state index contributed by atoms with van der Waals surface area (Å²) in [5.41, 5.74) is 4.65. The summed E-state index contributed by atoms with van der Waals surface area (Å²) >= 11 is 2.29. The van der Waals surface area contributed by atoms with Crippen molar-refractivity contribution in [1.82, 2.24) is 4.57 Å². The molecule has 30 heavy (non-hydrogen) atoms. The number of hydrogen-bond donors (Lipinski definition) is 0. The number of aromatic nitrogens is 1. The van der Waals surface area contributed by atoms with Crippen LogP contribution in [0.2, 0.25) is 0 Å². The van der Waals surface area contributed by atoms with E-state index in [4.69, 9.17) is 0 Å². The third-order valence-corrected chi connectivity index (χ3v) is 6.03. The van der Waals surface area contributed by atoms with Crippen molar-refractivity contribution in [3.8, 4) is 11.8 Å². The standard InChI is InChI=1S/C23H18IN3O3/c1-14-7-8-20(12-22(14)24)26-15(2)9-18(16(26)3)10-19(13-25)23(28)17-5-4-6-21(11-17)27(29)30/h4-12H,1-3H3/b19-10+. The molecule has 0 saturated carbocycles. The van der Waals surface area contributed by atoms with Crippen molar-refractivity contribution in [2.75, 3.05) is 0 Å². The summed E-state index contributed by atoms with van der Waals surface area (Å²) in [7, 11) is 0.